The number of benzene rings is 1. The Labute approximate surface area is 145 Å². The average molecular weight is 367 g/mol. The fourth-order valence-electron chi connectivity index (χ4n) is 2.70. The molecule has 0 spiro atoms. The molecule has 1 unspecified atom stereocenters. The van der Waals surface area contributed by atoms with Crippen LogP contribution in [0, 0.1) is 5.82 Å². The lowest BCUT2D eigenvalue weighted by Crippen LogP contribution is -2.44. The van der Waals surface area contributed by atoms with Gasteiger partial charge in [-0.15, -0.1) is 0 Å². The number of aromatic nitrogens is 2. The van der Waals surface area contributed by atoms with E-state index in [9.17, 15) is 12.8 Å². The zero-order valence-corrected chi connectivity index (χ0v) is 14.4. The number of para-hydroxylation sites is 1. The number of hydrogen-bond acceptors (Lipinski definition) is 6. The maximum Gasteiger partial charge on any atom is 0.316 e. The van der Waals surface area contributed by atoms with Crippen molar-refractivity contribution in [2.75, 3.05) is 20.2 Å². The molecule has 1 aliphatic heterocycles. The molecule has 1 aliphatic rings. The van der Waals surface area contributed by atoms with Gasteiger partial charge in [0.05, 0.1) is 26.0 Å². The molecule has 25 heavy (non-hydrogen) atoms. The Morgan fingerprint density at radius 3 is 2.68 bits per heavy atom. The summed E-state index contributed by atoms with van der Waals surface area (Å²) in [6.45, 7) is 0.561. The Hall–Kier alpha value is -2.26. The molecule has 1 saturated heterocycles. The summed E-state index contributed by atoms with van der Waals surface area (Å²) in [4.78, 5) is 7.62. The van der Waals surface area contributed by atoms with Gasteiger partial charge in [-0.1, -0.05) is 12.1 Å². The molecule has 0 amide bonds. The van der Waals surface area contributed by atoms with Gasteiger partial charge in [-0.3, -0.25) is 0 Å². The summed E-state index contributed by atoms with van der Waals surface area (Å²) in [5.41, 5.74) is 0. The van der Waals surface area contributed by atoms with Crippen molar-refractivity contribution in [3.8, 4) is 11.8 Å². The van der Waals surface area contributed by atoms with Gasteiger partial charge in [0, 0.05) is 6.54 Å². The molecule has 1 fully saturated rings. The molecule has 134 valence electrons. The minimum Gasteiger partial charge on any atom is -0.495 e. The highest BCUT2D eigenvalue weighted by molar-refractivity contribution is 7.89. The molecule has 0 aliphatic carbocycles. The molecule has 0 radical (unpaired) electrons. The lowest BCUT2D eigenvalue weighted by Gasteiger charge is -2.31. The average Bonchev–Trinajstić information content (AvgIpc) is 2.64. The predicted molar refractivity (Wildman–Crippen MR) is 87.4 cm³/mol. The summed E-state index contributed by atoms with van der Waals surface area (Å²) in [5.74, 6) is -0.260. The van der Waals surface area contributed by atoms with Crippen molar-refractivity contribution in [2.24, 2.45) is 0 Å². The Kier molecular flexibility index (Phi) is 5.14. The van der Waals surface area contributed by atoms with Gasteiger partial charge in [-0.05, 0) is 25.0 Å². The van der Waals surface area contributed by atoms with Gasteiger partial charge in [-0.25, -0.2) is 22.8 Å². The van der Waals surface area contributed by atoms with E-state index in [0.29, 0.717) is 25.1 Å². The number of sulfonamides is 1. The predicted octanol–water partition coefficient (Wildman–Crippen LogP) is 1.86. The molecule has 2 heterocycles. The Balaban J connectivity index is 1.77. The standard InChI is InChI=1S/C16H18FN3O4S/c1-23-14-6-2-3-7-15(14)25(21,22)20-8-4-5-13(11-20)24-16-18-9-12(17)10-19-16/h2-3,6-7,9-10,13H,4-5,8,11H2,1H3. The number of ether oxygens (including phenoxy) is 2. The molecule has 1 aromatic heterocycles. The monoisotopic (exact) mass is 367 g/mol. The van der Waals surface area contributed by atoms with E-state index in [2.05, 4.69) is 9.97 Å². The largest absolute Gasteiger partial charge is 0.495 e. The van der Waals surface area contributed by atoms with Gasteiger partial charge >= 0.3 is 6.01 Å². The summed E-state index contributed by atoms with van der Waals surface area (Å²) < 4.78 is 50.8. The second-order valence-corrected chi connectivity index (χ2v) is 7.49. The van der Waals surface area contributed by atoms with Gasteiger partial charge in [0.1, 0.15) is 16.7 Å². The quantitative estimate of drug-likeness (QED) is 0.802. The van der Waals surface area contributed by atoms with E-state index in [0.717, 1.165) is 12.4 Å². The fourth-order valence-corrected chi connectivity index (χ4v) is 4.37. The maximum absolute atomic E-state index is 12.9. The second kappa shape index (κ2) is 7.32. The molecular weight excluding hydrogens is 349 g/mol. The van der Waals surface area contributed by atoms with Crippen molar-refractivity contribution in [1.82, 2.24) is 14.3 Å². The second-order valence-electron chi connectivity index (χ2n) is 5.58. The summed E-state index contributed by atoms with van der Waals surface area (Å²) in [5, 5.41) is 0. The molecule has 9 heteroatoms. The van der Waals surface area contributed by atoms with Crippen molar-refractivity contribution in [3.05, 3.63) is 42.5 Å². The van der Waals surface area contributed by atoms with Crippen LogP contribution in [0.1, 0.15) is 12.8 Å². The third kappa shape index (κ3) is 3.88. The highest BCUT2D eigenvalue weighted by Gasteiger charge is 2.33. The molecule has 3 rings (SSSR count). The van der Waals surface area contributed by atoms with E-state index >= 15 is 0 Å². The Morgan fingerprint density at radius 2 is 1.96 bits per heavy atom. The summed E-state index contributed by atoms with van der Waals surface area (Å²) in [7, 11) is -2.28. The topological polar surface area (TPSA) is 81.6 Å². The molecule has 7 nitrogen and oxygen atoms in total. The van der Waals surface area contributed by atoms with Gasteiger partial charge in [0.25, 0.3) is 0 Å². The van der Waals surface area contributed by atoms with Gasteiger partial charge in [-0.2, -0.15) is 4.31 Å². The van der Waals surface area contributed by atoms with Crippen molar-refractivity contribution in [3.63, 3.8) is 0 Å². The number of rotatable bonds is 5. The molecular formula is C16H18FN3O4S. The van der Waals surface area contributed by atoms with Crippen LogP contribution in [0.4, 0.5) is 4.39 Å². The van der Waals surface area contributed by atoms with Crippen LogP contribution in [-0.4, -0.2) is 49.0 Å². The van der Waals surface area contributed by atoms with Crippen molar-refractivity contribution in [2.45, 2.75) is 23.8 Å². The minimum atomic E-state index is -3.71. The molecule has 1 aromatic carbocycles. The Morgan fingerprint density at radius 1 is 1.24 bits per heavy atom. The van der Waals surface area contributed by atoms with Crippen LogP contribution in [-0.2, 0) is 10.0 Å². The molecule has 0 saturated carbocycles. The van der Waals surface area contributed by atoms with E-state index in [4.69, 9.17) is 9.47 Å². The summed E-state index contributed by atoms with van der Waals surface area (Å²) >= 11 is 0. The van der Waals surface area contributed by atoms with Crippen LogP contribution in [0.3, 0.4) is 0 Å². The number of nitrogens with zero attached hydrogens (tertiary/aromatic N) is 3. The van der Waals surface area contributed by atoms with Crippen LogP contribution in [0.5, 0.6) is 11.8 Å². The zero-order valence-electron chi connectivity index (χ0n) is 13.6. The maximum atomic E-state index is 12.9. The number of hydrogen-bond donors (Lipinski definition) is 0. The van der Waals surface area contributed by atoms with Crippen molar-refractivity contribution >= 4 is 10.0 Å². The summed E-state index contributed by atoms with van der Waals surface area (Å²) in [6.07, 6.45) is 2.92. The number of methoxy groups -OCH3 is 1. The van der Waals surface area contributed by atoms with Crippen molar-refractivity contribution in [1.29, 1.82) is 0 Å². The highest BCUT2D eigenvalue weighted by Crippen LogP contribution is 2.28. The number of piperidine rings is 1. The smallest absolute Gasteiger partial charge is 0.316 e. The Bertz CT molecular complexity index is 830. The summed E-state index contributed by atoms with van der Waals surface area (Å²) in [6, 6.07) is 6.52. The SMILES string of the molecule is COc1ccccc1S(=O)(=O)N1CCCC(Oc2ncc(F)cn2)C1. The van der Waals surface area contributed by atoms with Crippen molar-refractivity contribution < 1.29 is 22.3 Å². The minimum absolute atomic E-state index is 0.0305. The molecule has 0 N–H and O–H groups in total. The van der Waals surface area contributed by atoms with Gasteiger partial charge < -0.3 is 9.47 Å². The third-order valence-corrected chi connectivity index (χ3v) is 5.80. The van der Waals surface area contributed by atoms with Crippen LogP contribution >= 0.6 is 0 Å². The lowest BCUT2D eigenvalue weighted by atomic mass is 10.1. The first kappa shape index (κ1) is 17.6. The molecule has 0 bridgehead atoms. The normalized spacial score (nSPS) is 18.7. The zero-order chi connectivity index (χ0) is 17.9. The van der Waals surface area contributed by atoms with Gasteiger partial charge in [0.2, 0.25) is 10.0 Å². The first-order valence-electron chi connectivity index (χ1n) is 7.78. The first-order chi connectivity index (χ1) is 12.0. The van der Waals surface area contributed by atoms with Crippen LogP contribution < -0.4 is 9.47 Å². The van der Waals surface area contributed by atoms with Crippen LogP contribution in [0.25, 0.3) is 0 Å². The van der Waals surface area contributed by atoms with E-state index in [1.165, 1.54) is 17.5 Å². The van der Waals surface area contributed by atoms with E-state index in [1.807, 2.05) is 0 Å². The molecule has 2 aromatic rings. The van der Waals surface area contributed by atoms with Crippen LogP contribution in [0.2, 0.25) is 0 Å². The lowest BCUT2D eigenvalue weighted by molar-refractivity contribution is 0.118. The van der Waals surface area contributed by atoms with E-state index in [-0.39, 0.29) is 17.5 Å². The van der Waals surface area contributed by atoms with E-state index < -0.39 is 21.9 Å². The molecule has 1 atom stereocenters. The first-order valence-corrected chi connectivity index (χ1v) is 9.22. The highest BCUT2D eigenvalue weighted by atomic mass is 32.2. The van der Waals surface area contributed by atoms with E-state index in [1.54, 1.807) is 18.2 Å². The third-order valence-electron chi connectivity index (χ3n) is 3.90. The number of halogens is 1. The van der Waals surface area contributed by atoms with Gasteiger partial charge in [0.15, 0.2) is 5.82 Å². The fraction of sp³-hybridized carbons (Fsp3) is 0.375. The van der Waals surface area contributed by atoms with Crippen LogP contribution in [0.15, 0.2) is 41.6 Å².